The van der Waals surface area contributed by atoms with Gasteiger partial charge in [-0.25, -0.2) is 4.98 Å². The maximum atomic E-state index is 5.88. The molecule has 0 saturated heterocycles. The zero-order valence-corrected chi connectivity index (χ0v) is 14.7. The lowest BCUT2D eigenvalue weighted by Crippen LogP contribution is -2.36. The van der Waals surface area contributed by atoms with Crippen molar-refractivity contribution in [2.45, 2.75) is 20.4 Å². The number of benzene rings is 1. The summed E-state index contributed by atoms with van der Waals surface area (Å²) in [6, 6.07) is 7.46. The van der Waals surface area contributed by atoms with Crippen LogP contribution in [-0.2, 0) is 6.54 Å². The van der Waals surface area contributed by atoms with Gasteiger partial charge in [0.05, 0.1) is 5.69 Å². The average Bonchev–Trinajstić information content (AvgIpc) is 2.87. The average molecular weight is 344 g/mol. The molecule has 0 radical (unpaired) electrons. The van der Waals surface area contributed by atoms with E-state index in [1.54, 1.807) is 6.26 Å². The van der Waals surface area contributed by atoms with E-state index in [4.69, 9.17) is 21.8 Å². The van der Waals surface area contributed by atoms with Crippen LogP contribution in [0.4, 0.5) is 0 Å². The van der Waals surface area contributed by atoms with Crippen molar-refractivity contribution in [3.63, 3.8) is 0 Å². The van der Waals surface area contributed by atoms with Crippen molar-refractivity contribution >= 4 is 24.0 Å². The van der Waals surface area contributed by atoms with Crippen molar-refractivity contribution in [1.29, 1.82) is 0 Å². The maximum Gasteiger partial charge on any atom is 0.226 e. The third-order valence-corrected chi connectivity index (χ3v) is 3.58. The Kier molecular flexibility index (Phi) is 6.88. The second-order valence-electron chi connectivity index (χ2n) is 6.19. The summed E-state index contributed by atoms with van der Waals surface area (Å²) in [5.74, 6) is 0.619. The summed E-state index contributed by atoms with van der Waals surface area (Å²) in [6.07, 6.45) is 1.70. The van der Waals surface area contributed by atoms with E-state index in [1.807, 2.05) is 24.3 Å². The first kappa shape index (κ1) is 19.0. The standard InChI is InChI=1S/C16H22ClN3O.ClH/c1-16(2,10-18)11-20(3)8-14-9-21-15(19-14)12-4-6-13(17)7-5-12;/h4-7,9H,8,10-11,18H2,1-3H3;1H. The molecule has 2 aromatic rings. The number of aromatic nitrogens is 1. The van der Waals surface area contributed by atoms with Crippen LogP contribution >= 0.6 is 24.0 Å². The third kappa shape index (κ3) is 5.29. The van der Waals surface area contributed by atoms with Crippen LogP contribution in [0.3, 0.4) is 0 Å². The van der Waals surface area contributed by atoms with Crippen LogP contribution in [0.25, 0.3) is 11.5 Å². The van der Waals surface area contributed by atoms with Crippen LogP contribution in [0, 0.1) is 5.41 Å². The predicted octanol–water partition coefficient (Wildman–Crippen LogP) is 3.83. The summed E-state index contributed by atoms with van der Waals surface area (Å²) in [7, 11) is 2.06. The first-order chi connectivity index (χ1) is 9.89. The highest BCUT2D eigenvalue weighted by Gasteiger charge is 2.19. The van der Waals surface area contributed by atoms with Gasteiger partial charge in [0.15, 0.2) is 0 Å². The molecule has 0 amide bonds. The summed E-state index contributed by atoms with van der Waals surface area (Å²) >= 11 is 5.88. The number of halogens is 2. The highest BCUT2D eigenvalue weighted by atomic mass is 35.5. The topological polar surface area (TPSA) is 55.3 Å². The molecular weight excluding hydrogens is 321 g/mol. The number of hydrogen-bond acceptors (Lipinski definition) is 4. The molecule has 2 rings (SSSR count). The Bertz CT molecular complexity index is 581. The molecule has 122 valence electrons. The predicted molar refractivity (Wildman–Crippen MR) is 93.4 cm³/mol. The van der Waals surface area contributed by atoms with Gasteiger partial charge in [0.2, 0.25) is 5.89 Å². The molecule has 0 aliphatic rings. The molecular formula is C16H23Cl2N3O. The summed E-state index contributed by atoms with van der Waals surface area (Å²) in [6.45, 7) is 6.62. The number of rotatable bonds is 6. The van der Waals surface area contributed by atoms with Crippen molar-refractivity contribution in [3.8, 4) is 11.5 Å². The molecule has 0 aliphatic heterocycles. The van der Waals surface area contributed by atoms with Crippen molar-refractivity contribution in [3.05, 3.63) is 41.2 Å². The molecule has 4 nitrogen and oxygen atoms in total. The Morgan fingerprint density at radius 3 is 2.50 bits per heavy atom. The van der Waals surface area contributed by atoms with Gasteiger partial charge in [-0.05, 0) is 43.3 Å². The molecule has 0 aliphatic carbocycles. The number of oxazole rings is 1. The molecule has 0 saturated carbocycles. The largest absolute Gasteiger partial charge is 0.444 e. The maximum absolute atomic E-state index is 5.88. The zero-order chi connectivity index (χ0) is 15.5. The van der Waals surface area contributed by atoms with Gasteiger partial charge in [-0.3, -0.25) is 4.90 Å². The van der Waals surface area contributed by atoms with Crippen molar-refractivity contribution in [1.82, 2.24) is 9.88 Å². The monoisotopic (exact) mass is 343 g/mol. The van der Waals surface area contributed by atoms with Crippen molar-refractivity contribution < 1.29 is 4.42 Å². The van der Waals surface area contributed by atoms with Crippen LogP contribution in [0.1, 0.15) is 19.5 Å². The first-order valence-electron chi connectivity index (χ1n) is 6.98. The lowest BCUT2D eigenvalue weighted by molar-refractivity contribution is 0.208. The second kappa shape index (κ2) is 7.97. The van der Waals surface area contributed by atoms with E-state index in [-0.39, 0.29) is 17.8 Å². The Hall–Kier alpha value is -1.07. The van der Waals surface area contributed by atoms with Gasteiger partial charge in [0.1, 0.15) is 6.26 Å². The molecule has 22 heavy (non-hydrogen) atoms. The molecule has 0 spiro atoms. The van der Waals surface area contributed by atoms with Crippen LogP contribution in [-0.4, -0.2) is 30.0 Å². The van der Waals surface area contributed by atoms with Gasteiger partial charge in [0.25, 0.3) is 0 Å². The van der Waals surface area contributed by atoms with E-state index in [9.17, 15) is 0 Å². The first-order valence-corrected chi connectivity index (χ1v) is 7.36. The molecule has 0 fully saturated rings. The van der Waals surface area contributed by atoms with Crippen molar-refractivity contribution in [2.75, 3.05) is 20.1 Å². The summed E-state index contributed by atoms with van der Waals surface area (Å²) in [5, 5.41) is 0.703. The van der Waals surface area contributed by atoms with Crippen LogP contribution < -0.4 is 5.73 Å². The molecule has 6 heteroatoms. The Morgan fingerprint density at radius 2 is 1.91 bits per heavy atom. The number of hydrogen-bond donors (Lipinski definition) is 1. The van der Waals surface area contributed by atoms with Gasteiger partial charge in [-0.15, -0.1) is 12.4 Å². The fourth-order valence-electron chi connectivity index (χ4n) is 2.23. The summed E-state index contributed by atoms with van der Waals surface area (Å²) < 4.78 is 5.54. The van der Waals surface area contributed by atoms with Crippen LogP contribution in [0.5, 0.6) is 0 Å². The van der Waals surface area contributed by atoms with E-state index < -0.39 is 0 Å². The highest BCUT2D eigenvalue weighted by molar-refractivity contribution is 6.30. The third-order valence-electron chi connectivity index (χ3n) is 3.33. The summed E-state index contributed by atoms with van der Waals surface area (Å²) in [4.78, 5) is 6.73. The molecule has 2 N–H and O–H groups in total. The Balaban J connectivity index is 0.00000242. The van der Waals surface area contributed by atoms with Crippen LogP contribution in [0.2, 0.25) is 5.02 Å². The minimum Gasteiger partial charge on any atom is -0.444 e. The quantitative estimate of drug-likeness (QED) is 0.865. The molecule has 1 aromatic carbocycles. The molecule has 0 bridgehead atoms. The fourth-order valence-corrected chi connectivity index (χ4v) is 2.36. The van der Waals surface area contributed by atoms with Gasteiger partial charge >= 0.3 is 0 Å². The molecule has 0 unspecified atom stereocenters. The van der Waals surface area contributed by atoms with Crippen LogP contribution in [0.15, 0.2) is 34.9 Å². The molecule has 0 atom stereocenters. The Morgan fingerprint density at radius 1 is 1.27 bits per heavy atom. The smallest absolute Gasteiger partial charge is 0.226 e. The van der Waals surface area contributed by atoms with Gasteiger partial charge < -0.3 is 10.2 Å². The van der Waals surface area contributed by atoms with E-state index in [2.05, 4.69) is 30.8 Å². The van der Waals surface area contributed by atoms with E-state index in [0.29, 0.717) is 17.5 Å². The lowest BCUT2D eigenvalue weighted by atomic mass is 9.93. The van der Waals surface area contributed by atoms with Gasteiger partial charge in [-0.1, -0.05) is 25.4 Å². The number of nitrogens with zero attached hydrogens (tertiary/aromatic N) is 2. The van der Waals surface area contributed by atoms with E-state index in [1.165, 1.54) is 0 Å². The minimum atomic E-state index is 0. The zero-order valence-electron chi connectivity index (χ0n) is 13.2. The molecule has 1 aromatic heterocycles. The van der Waals surface area contributed by atoms with Gasteiger partial charge in [-0.2, -0.15) is 0 Å². The lowest BCUT2D eigenvalue weighted by Gasteiger charge is -2.28. The van der Waals surface area contributed by atoms with E-state index in [0.717, 1.165) is 24.3 Å². The normalized spacial score (nSPS) is 11.5. The summed E-state index contributed by atoms with van der Waals surface area (Å²) in [5.41, 5.74) is 7.70. The molecule has 1 heterocycles. The minimum absolute atomic E-state index is 0. The second-order valence-corrected chi connectivity index (χ2v) is 6.63. The fraction of sp³-hybridized carbons (Fsp3) is 0.438. The number of nitrogens with two attached hydrogens (primary N) is 1. The highest BCUT2D eigenvalue weighted by Crippen LogP contribution is 2.22. The van der Waals surface area contributed by atoms with E-state index >= 15 is 0 Å². The van der Waals surface area contributed by atoms with Crippen molar-refractivity contribution in [2.24, 2.45) is 11.1 Å². The Labute approximate surface area is 143 Å². The van der Waals surface area contributed by atoms with Gasteiger partial charge in [0, 0.05) is 23.7 Å². The SMILES string of the molecule is CN(Cc1coc(-c2ccc(Cl)cc2)n1)CC(C)(C)CN.Cl.